The molecule has 2 aliphatic heterocycles. The highest BCUT2D eigenvalue weighted by atomic mass is 32.2. The Morgan fingerprint density at radius 2 is 2.42 bits per heavy atom. The predicted octanol–water partition coefficient (Wildman–Crippen LogP) is 0.863. The molecule has 0 spiro atoms. The number of fused-ring (bicyclic) bond motifs is 1. The van der Waals surface area contributed by atoms with Crippen LogP contribution in [0.3, 0.4) is 0 Å². The van der Waals surface area contributed by atoms with Crippen LogP contribution in [-0.4, -0.2) is 26.7 Å². The Morgan fingerprint density at radius 1 is 1.67 bits per heavy atom. The fraction of sp³-hybridized carbons (Fsp3) is 0.500. The first-order chi connectivity index (χ1) is 5.62. The summed E-state index contributed by atoms with van der Waals surface area (Å²) < 4.78 is 11.0. The summed E-state index contributed by atoms with van der Waals surface area (Å²) in [6.45, 7) is 2.30. The molecule has 2 heterocycles. The van der Waals surface area contributed by atoms with Crippen LogP contribution in [0.25, 0.3) is 0 Å². The van der Waals surface area contributed by atoms with E-state index in [2.05, 4.69) is 0 Å². The van der Waals surface area contributed by atoms with Gasteiger partial charge in [0.1, 0.15) is 12.7 Å². The van der Waals surface area contributed by atoms with Crippen LogP contribution in [0.2, 0.25) is 0 Å². The van der Waals surface area contributed by atoms with Crippen molar-refractivity contribution in [2.45, 2.75) is 12.2 Å². The van der Waals surface area contributed by atoms with Crippen LogP contribution in [0.4, 0.5) is 0 Å². The van der Waals surface area contributed by atoms with Crippen molar-refractivity contribution in [3.05, 3.63) is 29.3 Å². The average molecular weight is 185 g/mol. The molecule has 0 aliphatic carbocycles. The van der Waals surface area contributed by atoms with Gasteiger partial charge in [0, 0.05) is 6.08 Å². The van der Waals surface area contributed by atoms with Crippen molar-refractivity contribution in [1.82, 2.24) is 0 Å². The van der Waals surface area contributed by atoms with E-state index < -0.39 is 11.2 Å². The fourth-order valence-electron chi connectivity index (χ4n) is 1.60. The zero-order chi connectivity index (χ0) is 8.77. The summed E-state index contributed by atoms with van der Waals surface area (Å²) in [6, 6.07) is 0. The van der Waals surface area contributed by atoms with E-state index in [4.69, 9.17) is 0 Å². The molecule has 0 N–H and O–H groups in total. The lowest BCUT2D eigenvalue weighted by atomic mass is 10.3. The van der Waals surface area contributed by atoms with Gasteiger partial charge in [-0.15, -0.1) is 0 Å². The second-order valence-electron chi connectivity index (χ2n) is 3.31. The third-order valence-electron chi connectivity index (χ3n) is 2.37. The average Bonchev–Trinajstić information content (AvgIpc) is 2.32. The van der Waals surface area contributed by atoms with Gasteiger partial charge in [0.2, 0.25) is 0 Å². The number of nitrogens with zero attached hydrogens (tertiary/aromatic N) is 1. The van der Waals surface area contributed by atoms with Gasteiger partial charge in [-0.3, -0.25) is 4.65 Å². The maximum atomic E-state index is 11.9. The van der Waals surface area contributed by atoms with Crippen LogP contribution in [0.1, 0.15) is 6.92 Å². The molecule has 3 nitrogen and oxygen atoms in total. The van der Waals surface area contributed by atoms with Gasteiger partial charge in [-0.05, 0) is 24.2 Å². The molecule has 3 unspecified atom stereocenters. The standard InChI is InChI=1S/C8H11NO2S/c1-7-5-9(10)4-2-3-8(9)6-12(7)11/h2-4,7H,5-6H2,1H3. The lowest BCUT2D eigenvalue weighted by Crippen LogP contribution is -2.49. The summed E-state index contributed by atoms with van der Waals surface area (Å²) in [4.78, 5) is 0. The summed E-state index contributed by atoms with van der Waals surface area (Å²) in [5, 5.41) is 11.9. The van der Waals surface area contributed by atoms with Crippen LogP contribution in [-0.2, 0) is 11.2 Å². The Morgan fingerprint density at radius 3 is 3.17 bits per heavy atom. The summed E-state index contributed by atoms with van der Waals surface area (Å²) in [6.07, 6.45) is 5.18. The van der Waals surface area contributed by atoms with Gasteiger partial charge >= 0.3 is 0 Å². The van der Waals surface area contributed by atoms with Gasteiger partial charge in [0.25, 0.3) is 0 Å². The van der Waals surface area contributed by atoms with Crippen LogP contribution >= 0.6 is 0 Å². The lowest BCUT2D eigenvalue weighted by molar-refractivity contribution is -0.786. The SMILES string of the molecule is CC1C[N+]2([O-])C=CC=C2C[S+]1[O-]. The van der Waals surface area contributed by atoms with Gasteiger partial charge in [-0.25, -0.2) is 0 Å². The first-order valence-electron chi connectivity index (χ1n) is 3.97. The predicted molar refractivity (Wildman–Crippen MR) is 48.2 cm³/mol. The number of hydrogen-bond acceptors (Lipinski definition) is 2. The third-order valence-corrected chi connectivity index (χ3v) is 4.00. The molecule has 0 radical (unpaired) electrons. The molecule has 12 heavy (non-hydrogen) atoms. The Bertz CT molecular complexity index is 264. The minimum absolute atomic E-state index is 0.0161. The Hall–Kier alpha value is -0.290. The van der Waals surface area contributed by atoms with E-state index in [-0.39, 0.29) is 9.90 Å². The van der Waals surface area contributed by atoms with Gasteiger partial charge < -0.3 is 9.76 Å². The first kappa shape index (κ1) is 8.31. The molecule has 0 aromatic carbocycles. The number of allylic oxidation sites excluding steroid dienone is 2. The van der Waals surface area contributed by atoms with Crippen LogP contribution in [0, 0.1) is 5.21 Å². The van der Waals surface area contributed by atoms with Crippen molar-refractivity contribution in [1.29, 1.82) is 0 Å². The molecule has 2 rings (SSSR count). The topological polar surface area (TPSA) is 46.1 Å². The molecule has 66 valence electrons. The van der Waals surface area contributed by atoms with Crippen LogP contribution in [0.5, 0.6) is 0 Å². The highest BCUT2D eigenvalue weighted by Gasteiger charge is 2.39. The number of hydroxylamine groups is 3. The van der Waals surface area contributed by atoms with E-state index in [1.807, 2.05) is 6.92 Å². The van der Waals surface area contributed by atoms with Gasteiger partial charge in [-0.2, -0.15) is 0 Å². The molecular formula is C8H11NO2S. The summed E-state index contributed by atoms with van der Waals surface area (Å²) in [5.74, 6) is 0.442. The van der Waals surface area contributed by atoms with Gasteiger partial charge in [-0.1, -0.05) is 0 Å². The number of rotatable bonds is 0. The van der Waals surface area contributed by atoms with Gasteiger partial charge in [0.15, 0.2) is 16.7 Å². The molecular weight excluding hydrogens is 174 g/mol. The van der Waals surface area contributed by atoms with Crippen molar-refractivity contribution in [2.24, 2.45) is 0 Å². The van der Waals surface area contributed by atoms with Crippen molar-refractivity contribution >= 4 is 11.2 Å². The van der Waals surface area contributed by atoms with E-state index in [1.54, 1.807) is 18.4 Å². The molecule has 3 atom stereocenters. The minimum atomic E-state index is -0.845. The van der Waals surface area contributed by atoms with Crippen molar-refractivity contribution in [2.75, 3.05) is 12.3 Å². The Labute approximate surface area is 74.7 Å². The van der Waals surface area contributed by atoms with Crippen molar-refractivity contribution in [3.8, 4) is 0 Å². The Kier molecular flexibility index (Phi) is 1.80. The molecule has 2 aliphatic rings. The van der Waals surface area contributed by atoms with Crippen LogP contribution < -0.4 is 0 Å². The highest BCUT2D eigenvalue weighted by molar-refractivity contribution is 7.92. The lowest BCUT2D eigenvalue weighted by Gasteiger charge is -2.43. The molecule has 0 bridgehead atoms. The summed E-state index contributed by atoms with van der Waals surface area (Å²) in [7, 11) is 0. The fourth-order valence-corrected chi connectivity index (χ4v) is 2.88. The summed E-state index contributed by atoms with van der Waals surface area (Å²) >= 11 is -0.845. The molecule has 1 fully saturated rings. The molecule has 1 saturated heterocycles. The minimum Gasteiger partial charge on any atom is -0.622 e. The maximum Gasteiger partial charge on any atom is 0.180 e. The number of hydrogen-bond donors (Lipinski definition) is 0. The molecule has 0 amide bonds. The molecule has 4 heteroatoms. The van der Waals surface area contributed by atoms with E-state index in [9.17, 15) is 9.76 Å². The Balaban J connectivity index is 2.25. The van der Waals surface area contributed by atoms with E-state index in [0.29, 0.717) is 12.3 Å². The second kappa shape index (κ2) is 2.60. The van der Waals surface area contributed by atoms with Crippen LogP contribution in [0.15, 0.2) is 24.0 Å². The summed E-state index contributed by atoms with van der Waals surface area (Å²) in [5.41, 5.74) is 0.742. The normalized spacial score (nSPS) is 45.8. The third kappa shape index (κ3) is 1.11. The van der Waals surface area contributed by atoms with E-state index in [1.165, 1.54) is 0 Å². The quantitative estimate of drug-likeness (QED) is 0.319. The largest absolute Gasteiger partial charge is 0.622 e. The number of quaternary nitrogens is 1. The van der Waals surface area contributed by atoms with E-state index in [0.717, 1.165) is 5.70 Å². The second-order valence-corrected chi connectivity index (χ2v) is 5.17. The zero-order valence-electron chi connectivity index (χ0n) is 6.90. The van der Waals surface area contributed by atoms with E-state index >= 15 is 0 Å². The molecule has 0 saturated carbocycles. The van der Waals surface area contributed by atoms with Crippen molar-refractivity contribution < 1.29 is 9.20 Å². The zero-order valence-corrected chi connectivity index (χ0v) is 7.71. The first-order valence-corrected chi connectivity index (χ1v) is 5.35. The highest BCUT2D eigenvalue weighted by Crippen LogP contribution is 2.31. The maximum absolute atomic E-state index is 11.9. The molecule has 0 aromatic rings. The van der Waals surface area contributed by atoms with Crippen molar-refractivity contribution in [3.63, 3.8) is 0 Å². The molecule has 0 aromatic heterocycles. The smallest absolute Gasteiger partial charge is 0.180 e. The van der Waals surface area contributed by atoms with Gasteiger partial charge in [0.05, 0.1) is 0 Å². The monoisotopic (exact) mass is 185 g/mol.